The fraction of sp³-hybridized carbons (Fsp3) is 0.733. The molecule has 0 amide bonds. The van der Waals surface area contributed by atoms with Gasteiger partial charge in [0.25, 0.3) is 0 Å². The second kappa shape index (κ2) is 14.7. The van der Waals surface area contributed by atoms with E-state index in [0.29, 0.717) is 24.7 Å². The third kappa shape index (κ3) is 8.85. The van der Waals surface area contributed by atoms with Crippen molar-refractivity contribution in [3.8, 4) is 0 Å². The fourth-order valence-corrected chi connectivity index (χ4v) is 5.60. The molecule has 0 aliphatic heterocycles. The predicted octanol–water partition coefficient (Wildman–Crippen LogP) is 7.57. The third-order valence-electron chi connectivity index (χ3n) is 7.92. The van der Waals surface area contributed by atoms with E-state index in [0.717, 1.165) is 64.2 Å². The van der Waals surface area contributed by atoms with Gasteiger partial charge in [0.2, 0.25) is 0 Å². The van der Waals surface area contributed by atoms with Gasteiger partial charge >= 0.3 is 11.9 Å². The molecule has 0 unspecified atom stereocenters. The molecule has 0 radical (unpaired) electrons. The summed E-state index contributed by atoms with van der Waals surface area (Å²) in [5.41, 5.74) is 2.66. The molecule has 1 aromatic rings. The second-order valence-corrected chi connectivity index (χ2v) is 10.8. The van der Waals surface area contributed by atoms with Crippen LogP contribution in [0, 0.1) is 5.92 Å². The van der Waals surface area contributed by atoms with Gasteiger partial charge in [-0.15, -0.1) is 0 Å². The lowest BCUT2D eigenvalue weighted by Crippen LogP contribution is -2.29. The Morgan fingerprint density at radius 1 is 0.778 bits per heavy atom. The summed E-state index contributed by atoms with van der Waals surface area (Å²) in [5, 5.41) is 0. The predicted molar refractivity (Wildman–Crippen MR) is 137 cm³/mol. The Morgan fingerprint density at radius 3 is 1.72 bits per heavy atom. The van der Waals surface area contributed by atoms with Crippen molar-refractivity contribution in [2.24, 2.45) is 5.92 Å². The number of rotatable bonds is 12. The van der Waals surface area contributed by atoms with E-state index in [1.807, 2.05) is 13.8 Å². The van der Waals surface area contributed by atoms with E-state index in [2.05, 4.69) is 24.3 Å². The average Bonchev–Trinajstić information content (AvgIpc) is 2.89. The molecule has 3 rings (SSSR count). The average molecular weight is 507 g/mol. The maximum absolute atomic E-state index is 13.7. The first-order valence-electron chi connectivity index (χ1n) is 14.2. The van der Waals surface area contributed by atoms with Crippen LogP contribution in [0.25, 0.3) is 0 Å². The molecule has 36 heavy (non-hydrogen) atoms. The molecular formula is C30H44F2O4. The van der Waals surface area contributed by atoms with Crippen molar-refractivity contribution in [1.29, 1.82) is 0 Å². The zero-order valence-corrected chi connectivity index (χ0v) is 22.1. The van der Waals surface area contributed by atoms with E-state index in [9.17, 15) is 18.4 Å². The van der Waals surface area contributed by atoms with Gasteiger partial charge in [0, 0.05) is 0 Å². The van der Waals surface area contributed by atoms with Crippen LogP contribution in [0.5, 0.6) is 0 Å². The minimum Gasteiger partial charge on any atom is -0.460 e. The number of aryl methyl sites for hydroxylation is 1. The van der Waals surface area contributed by atoms with Crippen LogP contribution in [0.3, 0.4) is 0 Å². The molecule has 0 bridgehead atoms. The molecular weight excluding hydrogens is 462 g/mol. The van der Waals surface area contributed by atoms with Crippen molar-refractivity contribution >= 4 is 11.9 Å². The Kier molecular flexibility index (Phi) is 11.7. The maximum atomic E-state index is 13.7. The van der Waals surface area contributed by atoms with Crippen molar-refractivity contribution in [3.05, 3.63) is 35.4 Å². The number of ether oxygens (including phenoxy) is 2. The van der Waals surface area contributed by atoms with Crippen LogP contribution in [-0.2, 0) is 25.5 Å². The second-order valence-electron chi connectivity index (χ2n) is 10.8. The zero-order chi connectivity index (χ0) is 25.9. The number of hydrogen-bond acceptors (Lipinski definition) is 4. The lowest BCUT2D eigenvalue weighted by molar-refractivity contribution is -0.158. The quantitative estimate of drug-likeness (QED) is 0.274. The number of carbonyl (C=O) groups excluding carboxylic acids is 2. The van der Waals surface area contributed by atoms with Crippen LogP contribution >= 0.6 is 0 Å². The topological polar surface area (TPSA) is 52.6 Å². The standard InChI is InChI=1S/C30H44F2O4/c1-3-5-27(31)29(33)35-25-17-11-22(12-18-25)8-7-21-9-13-23(14-10-21)24-15-19-26(20-16-24)36-30(34)28(32)6-4-2/h9-10,13-14,22,24-28H,3-8,11-12,15-20H2,1-2H3/t22-,24-,25-,26-,27-,28-/m0/s1. The van der Waals surface area contributed by atoms with Crippen LogP contribution < -0.4 is 0 Å². The van der Waals surface area contributed by atoms with Gasteiger partial charge in [0.1, 0.15) is 12.2 Å². The summed E-state index contributed by atoms with van der Waals surface area (Å²) < 4.78 is 38.2. The summed E-state index contributed by atoms with van der Waals surface area (Å²) in [5.74, 6) is -0.296. The van der Waals surface area contributed by atoms with E-state index >= 15 is 0 Å². The highest BCUT2D eigenvalue weighted by molar-refractivity contribution is 5.75. The van der Waals surface area contributed by atoms with E-state index in [1.54, 1.807) is 0 Å². The first kappa shape index (κ1) is 28.6. The first-order valence-corrected chi connectivity index (χ1v) is 14.2. The molecule has 2 saturated carbocycles. The van der Waals surface area contributed by atoms with Gasteiger partial charge in [0.15, 0.2) is 12.3 Å². The highest BCUT2D eigenvalue weighted by Crippen LogP contribution is 2.35. The Bertz CT molecular complexity index is 796. The van der Waals surface area contributed by atoms with E-state index in [-0.39, 0.29) is 25.0 Å². The Labute approximate surface area is 215 Å². The summed E-state index contributed by atoms with van der Waals surface area (Å²) in [6.45, 7) is 3.73. The highest BCUT2D eigenvalue weighted by Gasteiger charge is 2.28. The van der Waals surface area contributed by atoms with Crippen LogP contribution in [0.4, 0.5) is 8.78 Å². The normalized spacial score (nSPS) is 26.1. The molecule has 0 heterocycles. The van der Waals surface area contributed by atoms with E-state index < -0.39 is 24.3 Å². The van der Waals surface area contributed by atoms with Crippen LogP contribution in [-0.4, -0.2) is 36.5 Å². The van der Waals surface area contributed by atoms with Gasteiger partial charge in [-0.25, -0.2) is 18.4 Å². The molecule has 0 saturated heterocycles. The molecule has 2 aliphatic rings. The largest absolute Gasteiger partial charge is 0.460 e. The van der Waals surface area contributed by atoms with Crippen molar-refractivity contribution in [2.75, 3.05) is 0 Å². The van der Waals surface area contributed by atoms with Gasteiger partial charge < -0.3 is 9.47 Å². The Hall–Kier alpha value is -1.98. The molecule has 0 N–H and O–H groups in total. The van der Waals surface area contributed by atoms with Gasteiger partial charge in [-0.05, 0) is 100 Å². The number of halogens is 2. The maximum Gasteiger partial charge on any atom is 0.340 e. The third-order valence-corrected chi connectivity index (χ3v) is 7.92. The molecule has 0 spiro atoms. The molecule has 2 fully saturated rings. The van der Waals surface area contributed by atoms with Gasteiger partial charge in [-0.2, -0.15) is 0 Å². The molecule has 202 valence electrons. The van der Waals surface area contributed by atoms with Gasteiger partial charge in [0.05, 0.1) is 0 Å². The minimum absolute atomic E-state index is 0.128. The van der Waals surface area contributed by atoms with Gasteiger partial charge in [-0.3, -0.25) is 0 Å². The van der Waals surface area contributed by atoms with Crippen molar-refractivity contribution < 1.29 is 27.8 Å². The Morgan fingerprint density at radius 2 is 1.25 bits per heavy atom. The monoisotopic (exact) mass is 506 g/mol. The lowest BCUT2D eigenvalue weighted by Gasteiger charge is -2.29. The smallest absolute Gasteiger partial charge is 0.340 e. The zero-order valence-electron chi connectivity index (χ0n) is 22.1. The highest BCUT2D eigenvalue weighted by atomic mass is 19.1. The van der Waals surface area contributed by atoms with Crippen molar-refractivity contribution in [2.45, 2.75) is 134 Å². The van der Waals surface area contributed by atoms with Gasteiger partial charge in [-0.1, -0.05) is 51.0 Å². The molecule has 2 aliphatic carbocycles. The van der Waals surface area contributed by atoms with Crippen LogP contribution in [0.15, 0.2) is 24.3 Å². The number of esters is 2. The molecule has 6 heteroatoms. The minimum atomic E-state index is -1.49. The van der Waals surface area contributed by atoms with Crippen molar-refractivity contribution in [3.63, 3.8) is 0 Å². The number of benzene rings is 1. The summed E-state index contributed by atoms with van der Waals surface area (Å²) in [6.07, 6.45) is 7.84. The van der Waals surface area contributed by atoms with E-state index in [4.69, 9.17) is 9.47 Å². The number of hydrogen-bond donors (Lipinski definition) is 0. The summed E-state index contributed by atoms with van der Waals surface area (Å²) in [6, 6.07) is 8.90. The van der Waals surface area contributed by atoms with Crippen LogP contribution in [0.2, 0.25) is 0 Å². The Balaban J connectivity index is 1.34. The SMILES string of the molecule is CCC[C@H](F)C(=O)O[C@H]1CC[C@H](CCc2ccc([C@H]3CC[C@H](OC(=O)[C@@H](F)CCC)CC3)cc2)CC1. The number of carbonyl (C=O) groups is 2. The lowest BCUT2D eigenvalue weighted by atomic mass is 9.81. The first-order chi connectivity index (χ1) is 17.4. The van der Waals surface area contributed by atoms with E-state index in [1.165, 1.54) is 11.1 Å². The summed E-state index contributed by atoms with van der Waals surface area (Å²) >= 11 is 0. The molecule has 1 aromatic carbocycles. The molecule has 2 atom stereocenters. The summed E-state index contributed by atoms with van der Waals surface area (Å²) in [7, 11) is 0. The van der Waals surface area contributed by atoms with Crippen LogP contribution in [0.1, 0.15) is 114 Å². The summed E-state index contributed by atoms with van der Waals surface area (Å²) in [4.78, 5) is 23.6. The molecule has 0 aromatic heterocycles. The van der Waals surface area contributed by atoms with Crippen molar-refractivity contribution in [1.82, 2.24) is 0 Å². The fourth-order valence-electron chi connectivity index (χ4n) is 5.60. The molecule has 4 nitrogen and oxygen atoms in total. The number of alkyl halides is 2.